The van der Waals surface area contributed by atoms with E-state index in [-0.39, 0.29) is 10.6 Å². The topological polar surface area (TPSA) is 105 Å². The molecular formula is C32H33ClN4O6S. The summed E-state index contributed by atoms with van der Waals surface area (Å²) in [6.07, 6.45) is 4.44. The number of amides is 1. The van der Waals surface area contributed by atoms with Crippen molar-refractivity contribution in [3.8, 4) is 11.5 Å². The first-order valence-corrected chi connectivity index (χ1v) is 16.0. The molecule has 1 saturated heterocycles. The summed E-state index contributed by atoms with van der Waals surface area (Å²) in [5.74, 6) is 0.711. The number of sulfonamides is 1. The van der Waals surface area contributed by atoms with Crippen LogP contribution in [0.5, 0.6) is 11.5 Å². The minimum absolute atomic E-state index is 0.0534. The Kier molecular flexibility index (Phi) is 7.91. The minimum atomic E-state index is -4.40. The van der Waals surface area contributed by atoms with Crippen LogP contribution >= 0.6 is 11.6 Å². The highest BCUT2D eigenvalue weighted by atomic mass is 35.5. The van der Waals surface area contributed by atoms with E-state index in [4.69, 9.17) is 25.5 Å². The molecule has 0 bridgehead atoms. The van der Waals surface area contributed by atoms with Gasteiger partial charge in [0.25, 0.3) is 15.9 Å². The second-order valence-corrected chi connectivity index (χ2v) is 13.3. The number of oxazole rings is 1. The molecule has 1 aromatic heterocycles. The number of hydrogen-bond donors (Lipinski definition) is 0. The van der Waals surface area contributed by atoms with Gasteiger partial charge in [-0.15, -0.1) is 0 Å². The molecule has 44 heavy (non-hydrogen) atoms. The quantitative estimate of drug-likeness (QED) is 0.244. The maximum atomic E-state index is 15.4. The lowest BCUT2D eigenvalue weighted by atomic mass is 9.80. The number of benzene rings is 3. The zero-order valence-electron chi connectivity index (χ0n) is 24.9. The van der Waals surface area contributed by atoms with Gasteiger partial charge in [-0.2, -0.15) is 0 Å². The molecule has 4 aromatic rings. The highest BCUT2D eigenvalue weighted by Crippen LogP contribution is 2.56. The fraction of sp³-hybridized carbons (Fsp3) is 0.312. The van der Waals surface area contributed by atoms with Crippen molar-refractivity contribution in [3.63, 3.8) is 0 Å². The molecule has 0 aliphatic carbocycles. The van der Waals surface area contributed by atoms with E-state index < -0.39 is 27.5 Å². The number of halogens is 1. The van der Waals surface area contributed by atoms with Crippen LogP contribution in [-0.4, -0.2) is 64.0 Å². The summed E-state index contributed by atoms with van der Waals surface area (Å²) < 4.78 is 46.7. The van der Waals surface area contributed by atoms with E-state index in [0.29, 0.717) is 53.0 Å². The lowest BCUT2D eigenvalue weighted by Gasteiger charge is -2.41. The lowest BCUT2D eigenvalue weighted by Crippen LogP contribution is -2.54. The van der Waals surface area contributed by atoms with Crippen molar-refractivity contribution in [2.75, 3.05) is 39.2 Å². The van der Waals surface area contributed by atoms with E-state index in [1.54, 1.807) is 36.5 Å². The number of hydrogen-bond acceptors (Lipinski definition) is 9. The minimum Gasteiger partial charge on any atom is -0.497 e. The van der Waals surface area contributed by atoms with Crippen molar-refractivity contribution in [3.05, 3.63) is 101 Å². The van der Waals surface area contributed by atoms with Crippen LogP contribution in [-0.2, 0) is 26.9 Å². The smallest absolute Gasteiger partial charge is 0.271 e. The maximum absolute atomic E-state index is 15.4. The molecule has 0 saturated carbocycles. The predicted molar refractivity (Wildman–Crippen MR) is 165 cm³/mol. The third kappa shape index (κ3) is 4.75. The zero-order valence-corrected chi connectivity index (χ0v) is 26.4. The number of likely N-dealkylation sites (tertiary alicyclic amines) is 1. The van der Waals surface area contributed by atoms with Crippen molar-refractivity contribution in [2.45, 2.75) is 35.9 Å². The molecule has 1 amide bonds. The number of methoxy groups -OCH3 is 2. The van der Waals surface area contributed by atoms with Crippen LogP contribution in [0.2, 0.25) is 5.02 Å². The Labute approximate surface area is 261 Å². The number of fused-ring (bicyclic) bond motifs is 1. The average molecular weight is 637 g/mol. The first-order chi connectivity index (χ1) is 21.1. The summed E-state index contributed by atoms with van der Waals surface area (Å²) in [7, 11) is 2.55. The van der Waals surface area contributed by atoms with Crippen molar-refractivity contribution < 1.29 is 27.1 Å². The Bertz CT molecular complexity index is 1800. The van der Waals surface area contributed by atoms with Crippen LogP contribution in [0.15, 0.2) is 82.4 Å². The summed E-state index contributed by atoms with van der Waals surface area (Å²) in [6.45, 7) is 1.04. The number of anilines is 1. The van der Waals surface area contributed by atoms with E-state index in [9.17, 15) is 8.42 Å². The first-order valence-electron chi connectivity index (χ1n) is 14.1. The largest absolute Gasteiger partial charge is 0.497 e. The SMILES string of the molecule is COc1ccc(S(=O)(=O)N2C(=O)[C@@](c3cc(CN(C)C)ccc3OC)(N3CCC[C@H]3c3ncco3)c3cc(Cl)ccc32)cc1. The van der Waals surface area contributed by atoms with Gasteiger partial charge in [0.1, 0.15) is 17.8 Å². The van der Waals surface area contributed by atoms with Crippen LogP contribution in [0.4, 0.5) is 5.69 Å². The number of nitrogens with zero attached hydrogens (tertiary/aromatic N) is 4. The van der Waals surface area contributed by atoms with E-state index in [1.165, 1.54) is 32.6 Å². The highest BCUT2D eigenvalue weighted by molar-refractivity contribution is 7.93. The van der Waals surface area contributed by atoms with Gasteiger partial charge in [0.15, 0.2) is 5.54 Å². The molecule has 0 unspecified atom stereocenters. The van der Waals surface area contributed by atoms with Crippen LogP contribution < -0.4 is 13.8 Å². The monoisotopic (exact) mass is 636 g/mol. The van der Waals surface area contributed by atoms with Crippen molar-refractivity contribution in [2.24, 2.45) is 0 Å². The van der Waals surface area contributed by atoms with Crippen molar-refractivity contribution in [1.82, 2.24) is 14.8 Å². The molecule has 2 atom stereocenters. The molecule has 2 aliphatic heterocycles. The number of carbonyl (C=O) groups excluding carboxylic acids is 1. The van der Waals surface area contributed by atoms with Crippen LogP contribution in [0.3, 0.4) is 0 Å². The molecule has 6 rings (SSSR count). The van der Waals surface area contributed by atoms with E-state index in [0.717, 1.165) is 16.3 Å². The molecule has 0 spiro atoms. The molecule has 0 N–H and O–H groups in total. The average Bonchev–Trinajstić information content (AvgIpc) is 3.76. The summed E-state index contributed by atoms with van der Waals surface area (Å²) in [4.78, 5) is 23.8. The third-order valence-electron chi connectivity index (χ3n) is 8.23. The molecule has 10 nitrogen and oxygen atoms in total. The molecule has 12 heteroatoms. The van der Waals surface area contributed by atoms with Crippen molar-refractivity contribution >= 4 is 33.2 Å². The van der Waals surface area contributed by atoms with Gasteiger partial charge in [0, 0.05) is 29.2 Å². The molecule has 3 aromatic carbocycles. The van der Waals surface area contributed by atoms with Gasteiger partial charge in [0.2, 0.25) is 5.89 Å². The second kappa shape index (κ2) is 11.6. The molecule has 0 radical (unpaired) electrons. The first kappa shape index (κ1) is 30.1. The van der Waals surface area contributed by atoms with E-state index in [1.807, 2.05) is 42.1 Å². The van der Waals surface area contributed by atoms with E-state index >= 15 is 4.79 Å². The second-order valence-electron chi connectivity index (χ2n) is 11.1. The Morgan fingerprint density at radius 3 is 2.48 bits per heavy atom. The summed E-state index contributed by atoms with van der Waals surface area (Å²) in [5.41, 5.74) is 0.436. The molecule has 2 aliphatic rings. The highest BCUT2D eigenvalue weighted by Gasteiger charge is 2.62. The predicted octanol–water partition coefficient (Wildman–Crippen LogP) is 5.22. The van der Waals surface area contributed by atoms with Gasteiger partial charge in [0.05, 0.1) is 37.0 Å². The summed E-state index contributed by atoms with van der Waals surface area (Å²) >= 11 is 6.63. The normalized spacial score (nSPS) is 20.4. The van der Waals surface area contributed by atoms with Gasteiger partial charge < -0.3 is 18.8 Å². The number of ether oxygens (including phenoxy) is 2. The number of rotatable bonds is 9. The van der Waals surface area contributed by atoms with Gasteiger partial charge in [-0.1, -0.05) is 17.7 Å². The third-order valence-corrected chi connectivity index (χ3v) is 10.2. The standard InChI is InChI=1S/C32H33ClN4O6S/c1-35(2)20-21-7-14-29(42-4)26(18-21)32(36-16-5-6-28(36)30-34-15-17-43-30)25-19-22(33)8-13-27(25)37(31(32)38)44(39,40)24-11-9-23(41-3)10-12-24/h7-15,17-19,28H,5-6,16,20H2,1-4H3/t28-,32+/m0/s1. The number of carbonyl (C=O) groups is 1. The summed E-state index contributed by atoms with van der Waals surface area (Å²) in [6, 6.07) is 16.1. The van der Waals surface area contributed by atoms with Gasteiger partial charge in [-0.3, -0.25) is 9.69 Å². The van der Waals surface area contributed by atoms with Crippen LogP contribution in [0, 0.1) is 0 Å². The lowest BCUT2D eigenvalue weighted by molar-refractivity contribution is -0.127. The maximum Gasteiger partial charge on any atom is 0.271 e. The van der Waals surface area contributed by atoms with Gasteiger partial charge in [-0.25, -0.2) is 17.7 Å². The van der Waals surface area contributed by atoms with Crippen LogP contribution in [0.25, 0.3) is 0 Å². The molecule has 1 fully saturated rings. The zero-order chi connectivity index (χ0) is 31.2. The van der Waals surface area contributed by atoms with E-state index in [2.05, 4.69) is 4.98 Å². The molecule has 3 heterocycles. The Morgan fingerprint density at radius 1 is 1.05 bits per heavy atom. The molecule has 230 valence electrons. The number of aromatic nitrogens is 1. The Hall–Kier alpha value is -3.90. The van der Waals surface area contributed by atoms with Gasteiger partial charge in [-0.05, 0) is 87.1 Å². The fourth-order valence-electron chi connectivity index (χ4n) is 6.46. The van der Waals surface area contributed by atoms with Gasteiger partial charge >= 0.3 is 0 Å². The Balaban J connectivity index is 1.67. The van der Waals surface area contributed by atoms with Crippen molar-refractivity contribution in [1.29, 1.82) is 0 Å². The molecular weight excluding hydrogens is 604 g/mol. The summed E-state index contributed by atoms with van der Waals surface area (Å²) in [5, 5.41) is 0.361. The Morgan fingerprint density at radius 2 is 1.82 bits per heavy atom. The fourth-order valence-corrected chi connectivity index (χ4v) is 8.09. The van der Waals surface area contributed by atoms with Crippen LogP contribution in [0.1, 0.15) is 41.5 Å².